The van der Waals surface area contributed by atoms with Crippen LogP contribution in [0.3, 0.4) is 0 Å². The smallest absolute Gasteiger partial charge is 0.295 e. The predicted molar refractivity (Wildman–Crippen MR) is 100 cm³/mol. The summed E-state index contributed by atoms with van der Waals surface area (Å²) in [5.74, 6) is 1.72. The third-order valence-corrected chi connectivity index (χ3v) is 7.65. The van der Waals surface area contributed by atoms with Crippen LogP contribution in [0, 0.1) is 0 Å². The molecule has 0 radical (unpaired) electrons. The Morgan fingerprint density at radius 3 is 2.67 bits per heavy atom. The van der Waals surface area contributed by atoms with Crippen LogP contribution in [0.4, 0.5) is 0 Å². The van der Waals surface area contributed by atoms with Gasteiger partial charge in [0.05, 0.1) is 11.2 Å². The fourth-order valence-electron chi connectivity index (χ4n) is 3.47. The maximum Gasteiger partial charge on any atom is 0.295 e. The predicted octanol–water partition coefficient (Wildman–Crippen LogP) is 5.24. The third kappa shape index (κ3) is 5.05. The molecule has 0 bridgehead atoms. The standard InChI is InChI=1S/C19H34NO3P/c1-17(2,3)20-15-14-18(4,5)23-24(20,22)16-10-13-19(21)11-8-6-7-9-12-19/h8,10-11,16,21H,6-7,9,12-15H2,1-5H3/b16-10+. The van der Waals surface area contributed by atoms with Crippen molar-refractivity contribution in [3.05, 3.63) is 24.0 Å². The summed E-state index contributed by atoms with van der Waals surface area (Å²) in [4.78, 5) is 0. The van der Waals surface area contributed by atoms with Crippen molar-refractivity contribution in [1.82, 2.24) is 4.67 Å². The summed E-state index contributed by atoms with van der Waals surface area (Å²) in [5, 5.41) is 10.7. The minimum Gasteiger partial charge on any atom is -0.385 e. The van der Waals surface area contributed by atoms with Gasteiger partial charge in [0.1, 0.15) is 0 Å². The van der Waals surface area contributed by atoms with E-state index in [0.29, 0.717) is 6.42 Å². The summed E-state index contributed by atoms with van der Waals surface area (Å²) < 4.78 is 21.6. The first-order chi connectivity index (χ1) is 11.0. The van der Waals surface area contributed by atoms with Crippen molar-refractivity contribution >= 4 is 7.52 Å². The molecule has 1 aliphatic heterocycles. The maximum absolute atomic E-state index is 13.6. The molecule has 2 unspecified atom stereocenters. The highest BCUT2D eigenvalue weighted by Crippen LogP contribution is 2.61. The molecule has 1 fully saturated rings. The molecule has 0 aromatic carbocycles. The molecule has 0 saturated carbocycles. The lowest BCUT2D eigenvalue weighted by molar-refractivity contribution is 0.0349. The average Bonchev–Trinajstić information content (AvgIpc) is 2.60. The van der Waals surface area contributed by atoms with Crippen LogP contribution in [0.5, 0.6) is 0 Å². The Bertz CT molecular complexity index is 547. The van der Waals surface area contributed by atoms with E-state index in [1.165, 1.54) is 0 Å². The van der Waals surface area contributed by atoms with E-state index in [4.69, 9.17) is 4.52 Å². The van der Waals surface area contributed by atoms with Gasteiger partial charge in [0, 0.05) is 17.9 Å². The lowest BCUT2D eigenvalue weighted by Gasteiger charge is -2.47. The Labute approximate surface area is 147 Å². The van der Waals surface area contributed by atoms with E-state index in [9.17, 15) is 9.67 Å². The monoisotopic (exact) mass is 355 g/mol. The summed E-state index contributed by atoms with van der Waals surface area (Å²) >= 11 is 0. The molecule has 24 heavy (non-hydrogen) atoms. The Morgan fingerprint density at radius 2 is 2.00 bits per heavy atom. The zero-order chi connectivity index (χ0) is 18.1. The van der Waals surface area contributed by atoms with Gasteiger partial charge in [0.15, 0.2) is 0 Å². The van der Waals surface area contributed by atoms with E-state index >= 15 is 0 Å². The van der Waals surface area contributed by atoms with Gasteiger partial charge in [-0.15, -0.1) is 0 Å². The first-order valence-electron chi connectivity index (χ1n) is 9.12. The first kappa shape index (κ1) is 19.9. The summed E-state index contributed by atoms with van der Waals surface area (Å²) in [6.45, 7) is 10.9. The number of aliphatic hydroxyl groups is 1. The highest BCUT2D eigenvalue weighted by atomic mass is 31.2. The van der Waals surface area contributed by atoms with Gasteiger partial charge in [-0.25, -0.2) is 4.67 Å². The Morgan fingerprint density at radius 1 is 1.29 bits per heavy atom. The molecule has 4 nitrogen and oxygen atoms in total. The van der Waals surface area contributed by atoms with E-state index in [1.54, 1.807) is 5.82 Å². The third-order valence-electron chi connectivity index (χ3n) is 4.84. The van der Waals surface area contributed by atoms with Gasteiger partial charge in [0.25, 0.3) is 7.52 Å². The molecular formula is C19H34NO3P. The molecule has 1 N–H and O–H groups in total. The normalized spacial score (nSPS) is 35.2. The van der Waals surface area contributed by atoms with Crippen LogP contribution in [-0.2, 0) is 9.09 Å². The van der Waals surface area contributed by atoms with Gasteiger partial charge in [-0.1, -0.05) is 18.2 Å². The second-order valence-electron chi connectivity index (χ2n) is 8.80. The van der Waals surface area contributed by atoms with Crippen molar-refractivity contribution in [2.45, 2.75) is 89.9 Å². The summed E-state index contributed by atoms with van der Waals surface area (Å²) in [7, 11) is -3.06. The molecule has 1 aliphatic carbocycles. The number of hydrogen-bond donors (Lipinski definition) is 1. The topological polar surface area (TPSA) is 49.8 Å². The molecule has 0 amide bonds. The molecule has 1 saturated heterocycles. The molecule has 2 atom stereocenters. The molecule has 0 spiro atoms. The minimum absolute atomic E-state index is 0.227. The number of nitrogens with zero attached hydrogens (tertiary/aromatic N) is 1. The van der Waals surface area contributed by atoms with E-state index in [-0.39, 0.29) is 11.1 Å². The van der Waals surface area contributed by atoms with Crippen molar-refractivity contribution in [2.75, 3.05) is 6.54 Å². The summed E-state index contributed by atoms with van der Waals surface area (Å²) in [6.07, 6.45) is 11.1. The summed E-state index contributed by atoms with van der Waals surface area (Å²) in [6, 6.07) is 0. The molecule has 1 heterocycles. The Kier molecular flexibility index (Phi) is 5.87. The van der Waals surface area contributed by atoms with E-state index in [0.717, 1.165) is 38.6 Å². The van der Waals surface area contributed by atoms with Crippen LogP contribution in [0.15, 0.2) is 24.0 Å². The molecule has 2 rings (SSSR count). The number of allylic oxidation sites excluding steroid dienone is 1. The molecule has 0 aromatic heterocycles. The molecule has 5 heteroatoms. The van der Waals surface area contributed by atoms with Crippen LogP contribution >= 0.6 is 7.52 Å². The van der Waals surface area contributed by atoms with Crippen molar-refractivity contribution < 1.29 is 14.2 Å². The van der Waals surface area contributed by atoms with Crippen LogP contribution in [0.1, 0.15) is 73.1 Å². The molecular weight excluding hydrogens is 321 g/mol. The second kappa shape index (κ2) is 7.07. The van der Waals surface area contributed by atoms with Gasteiger partial charge >= 0.3 is 0 Å². The molecule has 138 valence electrons. The molecule has 0 aromatic rings. The largest absolute Gasteiger partial charge is 0.385 e. The quantitative estimate of drug-likeness (QED) is 0.555. The van der Waals surface area contributed by atoms with Crippen LogP contribution in [-0.4, -0.2) is 33.1 Å². The lowest BCUT2D eigenvalue weighted by atomic mass is 9.94. The first-order valence-corrected chi connectivity index (χ1v) is 10.8. The highest BCUT2D eigenvalue weighted by molar-refractivity contribution is 7.59. The van der Waals surface area contributed by atoms with Gasteiger partial charge in [-0.05, 0) is 73.1 Å². The van der Waals surface area contributed by atoms with Crippen molar-refractivity contribution in [3.8, 4) is 0 Å². The summed E-state index contributed by atoms with van der Waals surface area (Å²) in [5.41, 5.74) is -1.43. The fourth-order valence-corrected chi connectivity index (χ4v) is 6.17. The van der Waals surface area contributed by atoms with Gasteiger partial charge in [-0.2, -0.15) is 0 Å². The van der Waals surface area contributed by atoms with Crippen LogP contribution in [0.2, 0.25) is 0 Å². The number of hydrogen-bond acceptors (Lipinski definition) is 3. The second-order valence-corrected chi connectivity index (χ2v) is 10.9. The van der Waals surface area contributed by atoms with Gasteiger partial charge in [0.2, 0.25) is 0 Å². The SMILES string of the molecule is CC1(C)CCN(C(C)(C)C)P(=O)(/C=C/CC2(O)C=CCCCC2)O1. The number of rotatable bonds is 3. The minimum atomic E-state index is -3.06. The van der Waals surface area contributed by atoms with E-state index < -0.39 is 13.1 Å². The van der Waals surface area contributed by atoms with E-state index in [2.05, 4.69) is 26.8 Å². The maximum atomic E-state index is 13.6. The van der Waals surface area contributed by atoms with Crippen LogP contribution in [0.25, 0.3) is 0 Å². The fraction of sp³-hybridized carbons (Fsp3) is 0.789. The van der Waals surface area contributed by atoms with E-state index in [1.807, 2.05) is 30.7 Å². The highest BCUT2D eigenvalue weighted by Gasteiger charge is 2.45. The van der Waals surface area contributed by atoms with Gasteiger partial charge < -0.3 is 9.63 Å². The lowest BCUT2D eigenvalue weighted by Crippen LogP contribution is -2.46. The van der Waals surface area contributed by atoms with Crippen LogP contribution < -0.4 is 0 Å². The Balaban J connectivity index is 2.17. The van der Waals surface area contributed by atoms with Crippen molar-refractivity contribution in [2.24, 2.45) is 0 Å². The van der Waals surface area contributed by atoms with Crippen molar-refractivity contribution in [1.29, 1.82) is 0 Å². The Hall–Kier alpha value is -0.410. The zero-order valence-electron chi connectivity index (χ0n) is 15.9. The van der Waals surface area contributed by atoms with Gasteiger partial charge in [-0.3, -0.25) is 4.57 Å². The average molecular weight is 355 g/mol. The molecule has 2 aliphatic rings. The zero-order valence-corrected chi connectivity index (χ0v) is 16.8. The van der Waals surface area contributed by atoms with Crippen molar-refractivity contribution in [3.63, 3.8) is 0 Å².